The van der Waals surface area contributed by atoms with Gasteiger partial charge in [-0.25, -0.2) is 5.43 Å². The third kappa shape index (κ3) is 4.55. The van der Waals surface area contributed by atoms with Crippen molar-refractivity contribution in [3.63, 3.8) is 0 Å². The van der Waals surface area contributed by atoms with Crippen LogP contribution in [0.4, 0.5) is 0 Å². The number of nitrogens with one attached hydrogen (secondary N) is 1. The maximum atomic E-state index is 12.3. The van der Waals surface area contributed by atoms with Crippen molar-refractivity contribution in [2.75, 3.05) is 7.11 Å². The van der Waals surface area contributed by atoms with Gasteiger partial charge in [0.1, 0.15) is 0 Å². The lowest BCUT2D eigenvalue weighted by molar-refractivity contribution is 0.0954. The summed E-state index contributed by atoms with van der Waals surface area (Å²) in [5.74, 6) is 0.774. The van der Waals surface area contributed by atoms with Crippen LogP contribution < -0.4 is 14.9 Å². The number of rotatable bonds is 6. The molecular weight excluding hydrogens is 306 g/mol. The van der Waals surface area contributed by atoms with Crippen LogP contribution in [0.1, 0.15) is 36.7 Å². The molecule has 6 heteroatoms. The number of benzene rings is 1. The van der Waals surface area contributed by atoms with Crippen molar-refractivity contribution in [1.82, 2.24) is 10.4 Å². The normalized spacial score (nSPS) is 11.3. The van der Waals surface area contributed by atoms with Gasteiger partial charge in [0.15, 0.2) is 11.5 Å². The third-order valence-corrected chi connectivity index (χ3v) is 3.19. The van der Waals surface area contributed by atoms with Crippen LogP contribution in [0.3, 0.4) is 0 Å². The fraction of sp³-hybridized carbons (Fsp3) is 0.278. The lowest BCUT2D eigenvalue weighted by Crippen LogP contribution is -2.19. The SMILES string of the molecule is COc1cc(C(=O)N/N=C(/C)c2cccnc2)ccc1OC(C)C. The Bertz CT molecular complexity index is 728. The van der Waals surface area contributed by atoms with Crippen molar-refractivity contribution in [3.8, 4) is 11.5 Å². The molecule has 126 valence electrons. The quantitative estimate of drug-likeness (QED) is 0.654. The number of nitrogens with zero attached hydrogens (tertiary/aromatic N) is 2. The number of hydrogen-bond donors (Lipinski definition) is 1. The smallest absolute Gasteiger partial charge is 0.271 e. The predicted molar refractivity (Wildman–Crippen MR) is 92.7 cm³/mol. The van der Waals surface area contributed by atoms with E-state index in [1.165, 1.54) is 7.11 Å². The topological polar surface area (TPSA) is 72.8 Å². The molecule has 0 unspecified atom stereocenters. The van der Waals surface area contributed by atoms with E-state index in [0.29, 0.717) is 22.8 Å². The fourth-order valence-electron chi connectivity index (χ4n) is 2.00. The summed E-state index contributed by atoms with van der Waals surface area (Å²) in [7, 11) is 1.54. The Balaban J connectivity index is 2.12. The summed E-state index contributed by atoms with van der Waals surface area (Å²) in [6.07, 6.45) is 3.39. The van der Waals surface area contributed by atoms with E-state index in [1.54, 1.807) is 37.5 Å². The van der Waals surface area contributed by atoms with E-state index in [1.807, 2.05) is 26.0 Å². The Morgan fingerprint density at radius 3 is 2.62 bits per heavy atom. The molecule has 24 heavy (non-hydrogen) atoms. The number of carbonyl (C=O) groups is 1. The van der Waals surface area contributed by atoms with Gasteiger partial charge in [-0.05, 0) is 45.0 Å². The molecule has 1 aromatic carbocycles. The highest BCUT2D eigenvalue weighted by atomic mass is 16.5. The maximum absolute atomic E-state index is 12.3. The van der Waals surface area contributed by atoms with Gasteiger partial charge in [0.05, 0.1) is 18.9 Å². The second-order valence-corrected chi connectivity index (χ2v) is 5.41. The van der Waals surface area contributed by atoms with Gasteiger partial charge in [-0.3, -0.25) is 9.78 Å². The van der Waals surface area contributed by atoms with Crippen LogP contribution in [-0.4, -0.2) is 29.8 Å². The molecule has 6 nitrogen and oxygen atoms in total. The lowest BCUT2D eigenvalue weighted by Gasteiger charge is -2.14. The molecule has 0 radical (unpaired) electrons. The number of hydrazone groups is 1. The molecule has 0 aliphatic heterocycles. The molecule has 0 bridgehead atoms. The number of methoxy groups -OCH3 is 1. The largest absolute Gasteiger partial charge is 0.493 e. The average molecular weight is 327 g/mol. The fourth-order valence-corrected chi connectivity index (χ4v) is 2.00. The summed E-state index contributed by atoms with van der Waals surface area (Å²) in [5, 5.41) is 4.10. The molecular formula is C18H21N3O3. The van der Waals surface area contributed by atoms with Gasteiger partial charge in [0.25, 0.3) is 5.91 Å². The van der Waals surface area contributed by atoms with Crippen LogP contribution in [-0.2, 0) is 0 Å². The van der Waals surface area contributed by atoms with Crippen LogP contribution in [0.25, 0.3) is 0 Å². The van der Waals surface area contributed by atoms with Gasteiger partial charge in [-0.1, -0.05) is 6.07 Å². The van der Waals surface area contributed by atoms with E-state index < -0.39 is 0 Å². The minimum absolute atomic E-state index is 0.0188. The minimum atomic E-state index is -0.326. The molecule has 0 fully saturated rings. The van der Waals surface area contributed by atoms with Crippen LogP contribution in [0.2, 0.25) is 0 Å². The van der Waals surface area contributed by atoms with Crippen molar-refractivity contribution in [3.05, 3.63) is 53.9 Å². The first kappa shape index (κ1) is 17.5. The first-order valence-electron chi connectivity index (χ1n) is 7.61. The number of amides is 1. The molecule has 0 spiro atoms. The highest BCUT2D eigenvalue weighted by Crippen LogP contribution is 2.28. The van der Waals surface area contributed by atoms with Gasteiger partial charge < -0.3 is 9.47 Å². The Hall–Kier alpha value is -2.89. The standard InChI is InChI=1S/C18H21N3O3/c1-12(2)24-16-8-7-14(10-17(16)23-4)18(22)21-20-13(3)15-6-5-9-19-11-15/h5-12H,1-4H3,(H,21,22)/b20-13-. The number of carbonyl (C=O) groups excluding carboxylic acids is 1. The lowest BCUT2D eigenvalue weighted by atomic mass is 10.2. The van der Waals surface area contributed by atoms with E-state index in [2.05, 4.69) is 15.5 Å². The number of pyridine rings is 1. The summed E-state index contributed by atoms with van der Waals surface area (Å²) in [5.41, 5.74) is 4.48. The monoisotopic (exact) mass is 327 g/mol. The molecule has 0 aliphatic rings. The van der Waals surface area contributed by atoms with Gasteiger partial charge in [0, 0.05) is 23.5 Å². The Morgan fingerprint density at radius 1 is 1.21 bits per heavy atom. The van der Waals surface area contributed by atoms with Crippen LogP contribution in [0.15, 0.2) is 47.8 Å². The second kappa shape index (κ2) is 8.10. The van der Waals surface area contributed by atoms with E-state index in [0.717, 1.165) is 5.56 Å². The molecule has 0 atom stereocenters. The summed E-state index contributed by atoms with van der Waals surface area (Å²) in [4.78, 5) is 16.3. The number of aromatic nitrogens is 1. The molecule has 1 N–H and O–H groups in total. The van der Waals surface area contributed by atoms with Crippen LogP contribution >= 0.6 is 0 Å². The van der Waals surface area contributed by atoms with E-state index >= 15 is 0 Å². The predicted octanol–water partition coefficient (Wildman–Crippen LogP) is 3.03. The van der Waals surface area contributed by atoms with E-state index in [9.17, 15) is 4.79 Å². The molecule has 0 aliphatic carbocycles. The summed E-state index contributed by atoms with van der Waals surface area (Å²) < 4.78 is 10.9. The van der Waals surface area contributed by atoms with Gasteiger partial charge >= 0.3 is 0 Å². The molecule has 2 rings (SSSR count). The molecule has 1 aromatic heterocycles. The maximum Gasteiger partial charge on any atom is 0.271 e. The van der Waals surface area contributed by atoms with Gasteiger partial charge in [-0.2, -0.15) is 5.10 Å². The molecule has 1 amide bonds. The first-order chi connectivity index (χ1) is 11.5. The zero-order valence-electron chi connectivity index (χ0n) is 14.2. The summed E-state index contributed by atoms with van der Waals surface area (Å²) in [6, 6.07) is 8.70. The molecule has 2 aromatic rings. The average Bonchev–Trinajstić information content (AvgIpc) is 2.60. The highest BCUT2D eigenvalue weighted by Gasteiger charge is 2.12. The zero-order valence-corrected chi connectivity index (χ0v) is 14.2. The Labute approximate surface area is 141 Å². The Morgan fingerprint density at radius 2 is 2.00 bits per heavy atom. The summed E-state index contributed by atoms with van der Waals surface area (Å²) in [6.45, 7) is 5.66. The van der Waals surface area contributed by atoms with E-state index in [4.69, 9.17) is 9.47 Å². The Kier molecular flexibility index (Phi) is 5.89. The van der Waals surface area contributed by atoms with Crippen LogP contribution in [0, 0.1) is 0 Å². The highest BCUT2D eigenvalue weighted by molar-refractivity contribution is 6.00. The van der Waals surface area contributed by atoms with Crippen molar-refractivity contribution in [2.45, 2.75) is 26.9 Å². The number of hydrogen-bond acceptors (Lipinski definition) is 5. The van der Waals surface area contributed by atoms with Gasteiger partial charge in [-0.15, -0.1) is 0 Å². The van der Waals surface area contributed by atoms with Crippen molar-refractivity contribution >= 4 is 11.6 Å². The van der Waals surface area contributed by atoms with E-state index in [-0.39, 0.29) is 12.0 Å². The van der Waals surface area contributed by atoms with Crippen LogP contribution in [0.5, 0.6) is 11.5 Å². The third-order valence-electron chi connectivity index (χ3n) is 3.19. The summed E-state index contributed by atoms with van der Waals surface area (Å²) >= 11 is 0. The van der Waals surface area contributed by atoms with Crippen molar-refractivity contribution in [2.24, 2.45) is 5.10 Å². The second-order valence-electron chi connectivity index (χ2n) is 5.41. The van der Waals surface area contributed by atoms with Gasteiger partial charge in [0.2, 0.25) is 0 Å². The molecule has 1 heterocycles. The first-order valence-corrected chi connectivity index (χ1v) is 7.61. The molecule has 0 saturated carbocycles. The minimum Gasteiger partial charge on any atom is -0.493 e. The number of ether oxygens (including phenoxy) is 2. The zero-order chi connectivity index (χ0) is 17.5. The molecule has 0 saturated heterocycles. The van der Waals surface area contributed by atoms with Crippen molar-refractivity contribution in [1.29, 1.82) is 0 Å². The van der Waals surface area contributed by atoms with Crippen molar-refractivity contribution < 1.29 is 14.3 Å².